The van der Waals surface area contributed by atoms with Gasteiger partial charge in [-0.15, -0.1) is 0 Å². The second kappa shape index (κ2) is 41.7. The molecule has 14 aromatic heterocycles. The maximum Gasteiger partial charge on any atom is 0.316 e. The molecule has 0 saturated heterocycles. The summed E-state index contributed by atoms with van der Waals surface area (Å²) < 4.78 is 145. The average molecular weight is 2060 g/mol. The zero-order valence-electron chi connectivity index (χ0n) is 81.8. The fourth-order valence-electron chi connectivity index (χ4n) is 16.2. The molecule has 1 aliphatic carbocycles. The molecule has 38 heteroatoms. The largest absolute Gasteiger partial charge is 0.481 e. The molecule has 14 heterocycles. The number of allylic oxidation sites excluding steroid dienone is 1. The van der Waals surface area contributed by atoms with Crippen LogP contribution in [0.5, 0.6) is 17.8 Å². The van der Waals surface area contributed by atoms with Gasteiger partial charge >= 0.3 is 6.01 Å². The molecule has 0 bridgehead atoms. The Labute approximate surface area is 847 Å². The minimum absolute atomic E-state index is 0.289. The standard InChI is InChI=1S/C24H21N3O2S.C23H19N3O3S.2C21H20N4O3S.C20H19N5O3S/c1-15(2)30(28,29)20-10-8-17(9-11-20)22-14-26-24-23(27-22)21(13-25-24)19-7-6-16-4-3-5-18(16)12-19;1-14(2)30(27,28)17-9-7-15(8-10-17)19-13-25-23-22(26-19)18(12-24-23)21-11-16-5-3-4-6-20(16)29-21;1-13(2)29(26,27)16-6-4-14(5-7-16)18-12-24-21-20(25-18)17(11-23-21)15-8-9-22-19(10-15)28-3;1-13(2)29(26,27)15-8-6-14(7-9-15)18-12-24-20-19(25-18)17(11-23-20)16-5-4-10-22-21(16)28-3;1-12(2)29(26,27)15-6-4-13(5-7-15)17-11-22-19-18(25-17)16(10-21-19)14-8-23-20(28-3)24-9-14/h3,5-15H,4H2,1-2H3,(H,25,26);3-14H,1-2H3,(H,24,25);2*4-13H,1-3H3,(H,23,24);4-12H,1-3H3,(H,21,22). The number of nitrogens with zero attached hydrogens (tertiary/aromatic N) is 14. The second-order valence-electron chi connectivity index (χ2n) is 35.6. The number of H-pyrrole nitrogens is 5. The number of aromatic amines is 5. The predicted octanol–water partition coefficient (Wildman–Crippen LogP) is 21.3. The summed E-state index contributed by atoms with van der Waals surface area (Å²) in [7, 11) is -11.9. The van der Waals surface area contributed by atoms with Crippen molar-refractivity contribution in [2.45, 2.75) is 126 Å². The number of para-hydroxylation sites is 1. The third-order valence-corrected chi connectivity index (χ3v) is 35.7. The molecular weight excluding hydrogens is 1960 g/mol. The van der Waals surface area contributed by atoms with Crippen molar-refractivity contribution in [1.82, 2.24) is 94.7 Å². The second-order valence-corrected chi connectivity index (χ2v) is 48.2. The van der Waals surface area contributed by atoms with Crippen molar-refractivity contribution < 1.29 is 60.7 Å². The van der Waals surface area contributed by atoms with E-state index in [9.17, 15) is 42.1 Å². The Morgan fingerprint density at radius 1 is 0.299 bits per heavy atom. The fraction of sp³-hybridized carbons (Fsp3) is 0.174. The Bertz CT molecular complexity index is 9120. The summed E-state index contributed by atoms with van der Waals surface area (Å²) in [5.74, 6) is 1.74. The molecule has 0 aliphatic heterocycles. The lowest BCUT2D eigenvalue weighted by molar-refractivity contribution is 0.380. The van der Waals surface area contributed by atoms with Crippen molar-refractivity contribution in [2.75, 3.05) is 21.3 Å². The van der Waals surface area contributed by atoms with E-state index < -0.39 is 75.4 Å². The number of aromatic nitrogens is 19. The minimum atomic E-state index is -3.32. The van der Waals surface area contributed by atoms with Gasteiger partial charge in [-0.2, -0.15) is 0 Å². The SMILES string of the molecule is CC(C)S(=O)(=O)c1ccc(-c2cnc3[nH]cc(-c4cc5ccccc5o4)c3n2)cc1.CC(C)S(=O)(=O)c1ccc(-c2cnc3[nH]cc(-c4ccc5c(c4)C=CC5)c3n2)cc1.COc1cc(-c2c[nH]c3ncc(-c4ccc(S(=O)(=O)C(C)C)cc4)nc23)ccn1.COc1ncc(-c2c[nH]c3ncc(-c4ccc(S(=O)(=O)C(C)C)cc4)nc23)cn1.COc1ncccc1-c1c[nH]c2ncc(-c3ccc(S(=O)(=O)C(C)C)cc3)nc12. The highest BCUT2D eigenvalue weighted by molar-refractivity contribution is 7.93. The van der Waals surface area contributed by atoms with E-state index in [-0.39, 0.29) is 6.01 Å². The quantitative estimate of drug-likeness (QED) is 0.0397. The number of hydrogen-bond acceptors (Lipinski definition) is 28. The van der Waals surface area contributed by atoms with Gasteiger partial charge in [0.05, 0.1) is 137 Å². The molecule has 0 amide bonds. The first-order valence-electron chi connectivity index (χ1n) is 46.7. The van der Waals surface area contributed by atoms with Crippen LogP contribution in [0.15, 0.2) is 316 Å². The zero-order chi connectivity index (χ0) is 104. The maximum atomic E-state index is 12.4. The van der Waals surface area contributed by atoms with Crippen LogP contribution in [0, 0.1) is 0 Å². The van der Waals surface area contributed by atoms with Crippen LogP contribution in [-0.2, 0) is 55.6 Å². The van der Waals surface area contributed by atoms with Crippen molar-refractivity contribution in [3.8, 4) is 130 Å². The zero-order valence-corrected chi connectivity index (χ0v) is 85.9. The highest BCUT2D eigenvalue weighted by atomic mass is 32.2. The first-order chi connectivity index (χ1) is 70.6. The number of rotatable bonds is 23. The molecule has 0 unspecified atom stereocenters. The van der Waals surface area contributed by atoms with Crippen molar-refractivity contribution in [1.29, 1.82) is 0 Å². The van der Waals surface area contributed by atoms with E-state index in [0.29, 0.717) is 110 Å². The molecule has 147 heavy (non-hydrogen) atoms. The van der Waals surface area contributed by atoms with Crippen molar-refractivity contribution >= 4 is 122 Å². The van der Waals surface area contributed by atoms with E-state index in [2.05, 4.69) is 100 Å². The highest BCUT2D eigenvalue weighted by Crippen LogP contribution is 2.40. The van der Waals surface area contributed by atoms with Crippen molar-refractivity contribution in [3.63, 3.8) is 0 Å². The number of ether oxygens (including phenoxy) is 3. The molecule has 7 aromatic carbocycles. The van der Waals surface area contributed by atoms with E-state index in [1.807, 2.05) is 79.4 Å². The van der Waals surface area contributed by atoms with Crippen LogP contribution in [0.3, 0.4) is 0 Å². The van der Waals surface area contributed by atoms with Crippen LogP contribution in [0.4, 0.5) is 0 Å². The van der Waals surface area contributed by atoms with Gasteiger partial charge in [0.2, 0.25) is 11.8 Å². The van der Waals surface area contributed by atoms with Gasteiger partial charge in [-0.05, 0) is 195 Å². The van der Waals surface area contributed by atoms with Gasteiger partial charge < -0.3 is 43.5 Å². The number of fused-ring (bicyclic) bond motifs is 7. The first kappa shape index (κ1) is 101. The van der Waals surface area contributed by atoms with E-state index in [1.54, 1.807) is 267 Å². The molecule has 0 atom stereocenters. The number of benzene rings is 7. The van der Waals surface area contributed by atoms with E-state index >= 15 is 0 Å². The molecule has 0 fully saturated rings. The maximum absolute atomic E-state index is 12.4. The summed E-state index contributed by atoms with van der Waals surface area (Å²) in [4.78, 5) is 80.1. The molecule has 0 saturated carbocycles. The van der Waals surface area contributed by atoms with Crippen LogP contribution >= 0.6 is 0 Å². The average Bonchev–Trinajstić information content (AvgIpc) is 1.63. The topological polar surface area (TPSA) is 471 Å². The summed E-state index contributed by atoms with van der Waals surface area (Å²) >= 11 is 0. The summed E-state index contributed by atoms with van der Waals surface area (Å²) in [5, 5.41) is -1.31. The monoisotopic (exact) mass is 2060 g/mol. The first-order valence-corrected chi connectivity index (χ1v) is 54.4. The molecular formula is C109H99N19O14S5. The molecule has 5 N–H and O–H groups in total. The third-order valence-electron chi connectivity index (χ3n) is 24.8. The van der Waals surface area contributed by atoms with Crippen LogP contribution in [-0.4, -0.2) is 184 Å². The third kappa shape index (κ3) is 20.7. The molecule has 0 spiro atoms. The minimum Gasteiger partial charge on any atom is -0.481 e. The number of pyridine rings is 2. The summed E-state index contributed by atoms with van der Waals surface area (Å²) in [6.07, 6.45) is 29.6. The van der Waals surface area contributed by atoms with Crippen LogP contribution in [0.25, 0.3) is 185 Å². The molecule has 744 valence electrons. The molecule has 21 aromatic rings. The van der Waals surface area contributed by atoms with E-state index in [1.165, 1.54) is 18.2 Å². The number of furan rings is 1. The van der Waals surface area contributed by atoms with Gasteiger partial charge in [0.15, 0.2) is 77.4 Å². The van der Waals surface area contributed by atoms with Gasteiger partial charge in [-0.25, -0.2) is 112 Å². The lowest BCUT2D eigenvalue weighted by Gasteiger charge is -2.09. The summed E-state index contributed by atoms with van der Waals surface area (Å²) in [6, 6.07) is 57.8. The Morgan fingerprint density at radius 2 is 0.646 bits per heavy atom. The summed E-state index contributed by atoms with van der Waals surface area (Å²) in [6.45, 7) is 16.7. The van der Waals surface area contributed by atoms with E-state index in [4.69, 9.17) is 43.5 Å². The van der Waals surface area contributed by atoms with Gasteiger partial charge in [-0.1, -0.05) is 103 Å². The Balaban J connectivity index is 0.000000120. The summed E-state index contributed by atoms with van der Waals surface area (Å²) in [5.41, 5.74) is 25.6. The molecule has 22 rings (SSSR count). The van der Waals surface area contributed by atoms with Gasteiger partial charge in [0.1, 0.15) is 38.9 Å². The van der Waals surface area contributed by atoms with Crippen molar-refractivity contribution in [3.05, 3.63) is 298 Å². The number of methoxy groups -OCH3 is 3. The number of sulfone groups is 5. The lowest BCUT2D eigenvalue weighted by Crippen LogP contribution is -2.13. The smallest absolute Gasteiger partial charge is 0.316 e. The van der Waals surface area contributed by atoms with E-state index in [0.717, 1.165) is 112 Å². The molecule has 33 nitrogen and oxygen atoms in total. The van der Waals surface area contributed by atoms with Crippen LogP contribution in [0.1, 0.15) is 80.4 Å². The molecule has 1 aliphatic rings. The lowest BCUT2D eigenvalue weighted by atomic mass is 10.0. The van der Waals surface area contributed by atoms with Crippen LogP contribution < -0.4 is 14.2 Å². The highest BCUT2D eigenvalue weighted by Gasteiger charge is 2.28. The number of hydrogen-bond donors (Lipinski definition) is 5. The Morgan fingerprint density at radius 3 is 1.01 bits per heavy atom. The van der Waals surface area contributed by atoms with Gasteiger partial charge in [0, 0.05) is 128 Å². The Kier molecular flexibility index (Phi) is 28.5. The normalized spacial score (nSPS) is 12.2. The number of nitrogens with one attached hydrogen (secondary N) is 5. The predicted molar refractivity (Wildman–Crippen MR) is 569 cm³/mol. The van der Waals surface area contributed by atoms with Crippen LogP contribution in [0.2, 0.25) is 0 Å². The van der Waals surface area contributed by atoms with Gasteiger partial charge in [-0.3, -0.25) is 0 Å². The fourth-order valence-corrected chi connectivity index (χ4v) is 21.5. The Hall–Kier alpha value is -16.6. The van der Waals surface area contributed by atoms with Gasteiger partial charge in [0.25, 0.3) is 0 Å². The van der Waals surface area contributed by atoms with Crippen molar-refractivity contribution in [2.24, 2.45) is 0 Å². The molecule has 0 radical (unpaired) electrons.